The molecule has 10 N–H and O–H groups in total. The molecule has 2 unspecified atom stereocenters. The van der Waals surface area contributed by atoms with E-state index in [0.29, 0.717) is 236 Å². The minimum atomic E-state index is -0.631. The van der Waals surface area contributed by atoms with E-state index in [4.69, 9.17) is 97.0 Å². The van der Waals surface area contributed by atoms with Crippen LogP contribution >= 0.6 is 0 Å². The molecule has 17 aromatic rings. The van der Waals surface area contributed by atoms with Crippen molar-refractivity contribution in [2.24, 2.45) is 11.8 Å². The Hall–Kier alpha value is -15.8. The molecule has 2 aliphatic carbocycles. The first-order valence-electron chi connectivity index (χ1n) is 46.2. The number of nitrogens with two attached hydrogens (primary N) is 5. The highest BCUT2D eigenvalue weighted by atomic mass is 19.1. The lowest BCUT2D eigenvalue weighted by atomic mass is 10.2. The van der Waals surface area contributed by atoms with E-state index in [9.17, 15) is 8.78 Å². The molecule has 0 spiro atoms. The highest BCUT2D eigenvalue weighted by Crippen LogP contribution is 2.42. The Kier molecular flexibility index (Phi) is 32.2. The Balaban J connectivity index is 0.000000128. The molecule has 7 aliphatic rings. The van der Waals surface area contributed by atoms with Crippen molar-refractivity contribution in [2.75, 3.05) is 198 Å². The molecule has 7 fully saturated rings. The van der Waals surface area contributed by atoms with E-state index in [0.717, 1.165) is 98.4 Å². The molecule has 2 saturated carbocycles. The molecule has 15 aromatic heterocycles. The summed E-state index contributed by atoms with van der Waals surface area (Å²) in [5.41, 5.74) is 42.6. The number of hydrogen-bond donors (Lipinski definition) is 5. The number of morpholine rings is 5. The molecule has 0 radical (unpaired) electrons. The van der Waals surface area contributed by atoms with Crippen LogP contribution in [0.2, 0.25) is 0 Å². The number of aromatic nitrogens is 30. The lowest BCUT2D eigenvalue weighted by Crippen LogP contribution is -2.37. The van der Waals surface area contributed by atoms with Crippen molar-refractivity contribution in [3.8, 4) is 56.9 Å². The van der Waals surface area contributed by atoms with Gasteiger partial charge in [-0.2, -0.15) is 24.9 Å². The summed E-state index contributed by atoms with van der Waals surface area (Å²) in [5.74, 6) is 5.03. The van der Waals surface area contributed by atoms with E-state index in [-0.39, 0.29) is 53.7 Å². The van der Waals surface area contributed by atoms with Crippen molar-refractivity contribution in [3.05, 3.63) is 165 Å². The lowest BCUT2D eigenvalue weighted by molar-refractivity contribution is 0.122. The highest BCUT2D eigenvalue weighted by molar-refractivity contribution is 5.91. The molecule has 2 atom stereocenters. The summed E-state index contributed by atoms with van der Waals surface area (Å²) in [6.07, 6.45) is 29.4. The van der Waals surface area contributed by atoms with Gasteiger partial charge in [0.2, 0.25) is 29.7 Å². The summed E-state index contributed by atoms with van der Waals surface area (Å²) in [6.45, 7) is 20.1. The minimum Gasteiger partial charge on any atom is -0.383 e. The quantitative estimate of drug-likeness (QED) is 0.0446. The fourth-order valence-electron chi connectivity index (χ4n) is 16.7. The topological polar surface area (TPSA) is 549 Å². The second-order valence-corrected chi connectivity index (χ2v) is 34.3. The predicted octanol–water partition coefficient (Wildman–Crippen LogP) is 10.0. The number of nitrogens with zero attached hydrogens (tertiary/aromatic N) is 35. The average Bonchev–Trinajstić information content (AvgIpc) is 1.60. The molecule has 5 saturated heterocycles. The van der Waals surface area contributed by atoms with E-state index < -0.39 is 11.6 Å². The Morgan fingerprint density at radius 2 is 0.632 bits per heavy atom. The van der Waals surface area contributed by atoms with Gasteiger partial charge < -0.3 is 104 Å². The molecule has 144 heavy (non-hydrogen) atoms. The molecular weight excluding hydrogens is 1850 g/mol. The van der Waals surface area contributed by atoms with Gasteiger partial charge in [0.05, 0.1) is 185 Å². The fourth-order valence-corrected chi connectivity index (χ4v) is 16.7. The van der Waals surface area contributed by atoms with Crippen LogP contribution in [0, 0.1) is 23.5 Å². The van der Waals surface area contributed by atoms with Gasteiger partial charge in [-0.3, -0.25) is 0 Å². The van der Waals surface area contributed by atoms with Crippen molar-refractivity contribution in [2.45, 2.75) is 101 Å². The van der Waals surface area contributed by atoms with Crippen LogP contribution in [0.4, 0.5) is 67.6 Å². The van der Waals surface area contributed by atoms with Crippen LogP contribution in [0.25, 0.3) is 113 Å². The van der Waals surface area contributed by atoms with Crippen LogP contribution in [-0.4, -0.2) is 293 Å². The van der Waals surface area contributed by atoms with Crippen LogP contribution in [0.3, 0.4) is 0 Å². The first-order valence-corrected chi connectivity index (χ1v) is 46.2. The van der Waals surface area contributed by atoms with Gasteiger partial charge in [0, 0.05) is 90.7 Å². The molecule has 48 heteroatoms. The van der Waals surface area contributed by atoms with E-state index >= 15 is 0 Å². The number of nitrogen functional groups attached to an aromatic ring is 5. The SMILES string of the molecule is C.C.C.C.CC(C1CC1)n1cnc2c(-c3cnc(N)cn3)nc(N3CCOCC3)nc21.COCC(C)n1cnc2c(-c3cnc(N)cn3)nc(N3CCOCC3)nc21.Nc1cnc(-c2nc(N3CCOCC3)nc3c2ncn3CC2CC2)cn1.Nc1cnc(-c2nc(N3CCOCC3)nc3c2ncn3Cc2c(F)cccc2F)cn1.Nc1cnc(-c2nc(N3CCOCC3)nc3c2ncn3Cc2ccccc2)cn1. The Bertz CT molecular complexity index is 7110. The smallest absolute Gasteiger partial charge is 0.228 e. The first kappa shape index (κ1) is 101. The third kappa shape index (κ3) is 22.9. The number of ether oxygens (including phenoxy) is 6. The lowest BCUT2D eigenvalue weighted by Gasteiger charge is -2.27. The summed E-state index contributed by atoms with van der Waals surface area (Å²) in [5, 5.41) is 0. The molecule has 752 valence electrons. The minimum absolute atomic E-state index is 0. The molecule has 0 bridgehead atoms. The molecule has 5 aliphatic heterocycles. The summed E-state index contributed by atoms with van der Waals surface area (Å²) in [7, 11) is 1.68. The second-order valence-electron chi connectivity index (χ2n) is 34.3. The van der Waals surface area contributed by atoms with E-state index in [1.165, 1.54) is 80.6 Å². The maximum Gasteiger partial charge on any atom is 0.228 e. The van der Waals surface area contributed by atoms with Gasteiger partial charge in [0.25, 0.3) is 0 Å². The maximum absolute atomic E-state index is 14.2. The predicted molar refractivity (Wildman–Crippen MR) is 544 cm³/mol. The third-order valence-electron chi connectivity index (χ3n) is 24.6. The van der Waals surface area contributed by atoms with Crippen molar-refractivity contribution in [1.82, 2.24) is 147 Å². The number of fused-ring (bicyclic) bond motifs is 5. The average molecular weight is 1970 g/mol. The Labute approximate surface area is 828 Å². The van der Waals surface area contributed by atoms with Gasteiger partial charge in [-0.25, -0.2) is 108 Å². The molecule has 24 rings (SSSR count). The summed E-state index contributed by atoms with van der Waals surface area (Å²) in [6, 6.07) is 14.5. The Morgan fingerprint density at radius 3 is 0.951 bits per heavy atom. The number of imidazole rings is 5. The zero-order valence-corrected chi connectivity index (χ0v) is 77.1. The monoisotopic (exact) mass is 1970 g/mol. The standard InChI is InChI=1S/C20H18F2N8O.C20H20N8O.C18H22N8O.C17H22N8O2.C17H20N8O.4CH4/c21-13-2-1-3-14(22)12(13)10-30-11-26-18-17(15-8-25-16(23)9-24-15)27-20(28-19(18)30)29-4-6-31-7-5-29;21-16-11-22-15(10-23-16)17-18-19(26-20(25-17)27-6-8-29-9-7-27)28(13-24-18)12-14-4-2-1-3-5-14;1-11(12-2-3-12)26-10-22-16-15(13-8-21-14(19)9-20-13)23-18(24-17(16)26)25-4-6-27-7-5-25;1-11(9-26-2)25-10-21-15-14(12-7-20-13(18)8-19-12)22-17(23-16(15)25)24-3-5-27-6-4-24;18-13-8-19-12(7-20-13)14-15-16(25(10-21-15)9-11-1-2-11)23-17(22-14)24-3-5-26-6-4-24;;;;/h1-3,8-9,11H,4-7,10H2,(H2,23,25);1-5,10-11,13H,6-9,12H2,(H2,21,23);8-12H,2-7H2,1H3,(H2,19,21);7-8,10-11H,3-6,9H2,1-2H3,(H2,18,20);7-8,10-11H,1-6,9H2,(H2,18,20);4*1H4. The number of methoxy groups -OCH3 is 1. The van der Waals surface area contributed by atoms with Gasteiger partial charge in [0.1, 0.15) is 125 Å². The number of halogens is 2. The molecule has 46 nitrogen and oxygen atoms in total. The number of rotatable bonds is 21. The Morgan fingerprint density at radius 1 is 0.333 bits per heavy atom. The van der Waals surface area contributed by atoms with Gasteiger partial charge in [-0.1, -0.05) is 66.1 Å². The summed E-state index contributed by atoms with van der Waals surface area (Å²) < 4.78 is 71.0. The van der Waals surface area contributed by atoms with Gasteiger partial charge >= 0.3 is 0 Å². The van der Waals surface area contributed by atoms with Crippen molar-refractivity contribution in [1.29, 1.82) is 0 Å². The van der Waals surface area contributed by atoms with Crippen LogP contribution in [0.15, 0.2) is 142 Å². The van der Waals surface area contributed by atoms with E-state index in [1.54, 1.807) is 61.5 Å². The largest absolute Gasteiger partial charge is 0.383 e. The van der Waals surface area contributed by atoms with Gasteiger partial charge in [0.15, 0.2) is 28.2 Å². The number of hydrogen-bond acceptors (Lipinski definition) is 41. The van der Waals surface area contributed by atoms with Crippen LogP contribution in [-0.2, 0) is 48.1 Å². The van der Waals surface area contributed by atoms with Crippen molar-refractivity contribution >= 4 is 115 Å². The molecule has 2 aromatic carbocycles. The zero-order chi connectivity index (χ0) is 95.7. The van der Waals surface area contributed by atoms with Crippen molar-refractivity contribution < 1.29 is 37.2 Å². The van der Waals surface area contributed by atoms with Gasteiger partial charge in [-0.15, -0.1) is 0 Å². The highest BCUT2D eigenvalue weighted by Gasteiger charge is 2.34. The number of benzene rings is 2. The van der Waals surface area contributed by atoms with Crippen LogP contribution < -0.4 is 53.2 Å². The fraction of sp³-hybridized carbons (Fsp3) is 0.406. The maximum atomic E-state index is 14.2. The molecular formula is C96H118F2N40O6. The molecule has 20 heterocycles. The van der Waals surface area contributed by atoms with Crippen LogP contribution in [0.5, 0.6) is 0 Å². The summed E-state index contributed by atoms with van der Waals surface area (Å²) in [4.78, 5) is 124. The van der Waals surface area contributed by atoms with E-state index in [1.807, 2.05) is 44.9 Å². The van der Waals surface area contributed by atoms with Crippen LogP contribution in [0.1, 0.15) is 92.4 Å². The number of anilines is 10. The van der Waals surface area contributed by atoms with E-state index in [2.05, 4.69) is 139 Å². The third-order valence-corrected chi connectivity index (χ3v) is 24.6. The first-order chi connectivity index (χ1) is 68.5. The van der Waals surface area contributed by atoms with Crippen molar-refractivity contribution in [3.63, 3.8) is 0 Å². The normalized spacial score (nSPS) is 15.7. The second kappa shape index (κ2) is 45.9. The van der Waals surface area contributed by atoms with Gasteiger partial charge in [-0.05, 0) is 69.1 Å². The summed E-state index contributed by atoms with van der Waals surface area (Å²) >= 11 is 0. The molecule has 0 amide bonds. The zero-order valence-electron chi connectivity index (χ0n) is 77.1.